The van der Waals surface area contributed by atoms with Gasteiger partial charge in [-0.1, -0.05) is 11.6 Å². The zero-order valence-electron chi connectivity index (χ0n) is 18.7. The Morgan fingerprint density at radius 3 is 2.48 bits per heavy atom. The Hall–Kier alpha value is -3.36. The molecule has 1 amide bonds. The van der Waals surface area contributed by atoms with Crippen LogP contribution in [0.15, 0.2) is 59.0 Å². The van der Waals surface area contributed by atoms with Gasteiger partial charge < -0.3 is 19.1 Å². The van der Waals surface area contributed by atoms with Crippen molar-refractivity contribution >= 4 is 34.6 Å². The molecule has 0 aliphatic carbocycles. The number of nitro benzene ring substituents is 1. The number of nitro groups is 1. The standard InChI is InChI=1S/C24H25ClN4O4/c1-26(2)19-12-13-28(15-19)18-7-5-17(6-8-18)27(3)24(30)23-11-10-22(33-23)20-9-4-16(25)14-21(20)29(31)32/h4-11,14,19H,12-13,15H2,1-3H3. The van der Waals surface area contributed by atoms with Crippen LogP contribution in [0.25, 0.3) is 11.3 Å². The molecule has 0 radical (unpaired) electrons. The summed E-state index contributed by atoms with van der Waals surface area (Å²) in [6.07, 6.45) is 1.12. The highest BCUT2D eigenvalue weighted by Gasteiger charge is 2.25. The van der Waals surface area contributed by atoms with Crippen LogP contribution in [-0.2, 0) is 0 Å². The van der Waals surface area contributed by atoms with Gasteiger partial charge in [0, 0.05) is 48.6 Å². The van der Waals surface area contributed by atoms with Gasteiger partial charge in [-0.3, -0.25) is 14.9 Å². The third-order valence-corrected chi connectivity index (χ3v) is 6.27. The van der Waals surface area contributed by atoms with E-state index in [1.165, 1.54) is 23.1 Å². The average Bonchev–Trinajstić information content (AvgIpc) is 3.48. The summed E-state index contributed by atoms with van der Waals surface area (Å²) in [7, 11) is 5.87. The Labute approximate surface area is 197 Å². The molecule has 3 aromatic rings. The van der Waals surface area contributed by atoms with Gasteiger partial charge in [0.25, 0.3) is 11.6 Å². The Kier molecular flexibility index (Phi) is 6.40. The summed E-state index contributed by atoms with van der Waals surface area (Å²) in [5.74, 6) is -0.0244. The minimum Gasteiger partial charge on any atom is -0.451 e. The molecule has 0 N–H and O–H groups in total. The number of benzene rings is 2. The number of rotatable bonds is 6. The van der Waals surface area contributed by atoms with Crippen molar-refractivity contribution in [2.45, 2.75) is 12.5 Å². The van der Waals surface area contributed by atoms with Crippen LogP contribution in [0, 0.1) is 10.1 Å². The van der Waals surface area contributed by atoms with Crippen molar-refractivity contribution in [3.05, 3.63) is 75.5 Å². The van der Waals surface area contributed by atoms with Crippen molar-refractivity contribution in [2.75, 3.05) is 44.0 Å². The quantitative estimate of drug-likeness (QED) is 0.377. The van der Waals surface area contributed by atoms with E-state index in [-0.39, 0.29) is 33.7 Å². The van der Waals surface area contributed by atoms with Crippen LogP contribution in [0.5, 0.6) is 0 Å². The van der Waals surface area contributed by atoms with Gasteiger partial charge in [0.2, 0.25) is 0 Å². The molecule has 1 atom stereocenters. The summed E-state index contributed by atoms with van der Waals surface area (Å²) >= 11 is 5.89. The number of carbonyl (C=O) groups is 1. The van der Waals surface area contributed by atoms with Crippen molar-refractivity contribution in [1.29, 1.82) is 0 Å². The van der Waals surface area contributed by atoms with Crippen molar-refractivity contribution in [2.24, 2.45) is 0 Å². The number of likely N-dealkylation sites (N-methyl/N-ethyl adjacent to an activating group) is 1. The largest absolute Gasteiger partial charge is 0.451 e. The lowest BCUT2D eigenvalue weighted by atomic mass is 10.1. The second-order valence-corrected chi connectivity index (χ2v) is 8.75. The van der Waals surface area contributed by atoms with Crippen LogP contribution in [0.2, 0.25) is 5.02 Å². The van der Waals surface area contributed by atoms with Crippen LogP contribution in [0.1, 0.15) is 17.0 Å². The molecule has 1 saturated heterocycles. The number of furan rings is 1. The number of halogens is 1. The van der Waals surface area contributed by atoms with Gasteiger partial charge in [-0.2, -0.15) is 0 Å². The molecule has 1 aromatic heterocycles. The van der Waals surface area contributed by atoms with Gasteiger partial charge in [-0.25, -0.2) is 0 Å². The van der Waals surface area contributed by atoms with Crippen molar-refractivity contribution in [1.82, 2.24) is 4.90 Å². The molecular weight excluding hydrogens is 444 g/mol. The number of carbonyl (C=O) groups excluding carboxylic acids is 1. The molecule has 33 heavy (non-hydrogen) atoms. The van der Waals surface area contributed by atoms with Crippen LogP contribution >= 0.6 is 11.6 Å². The van der Waals surface area contributed by atoms with E-state index in [9.17, 15) is 14.9 Å². The molecule has 172 valence electrons. The molecule has 2 heterocycles. The topological polar surface area (TPSA) is 83.1 Å². The minimum absolute atomic E-state index is 0.0918. The molecule has 1 unspecified atom stereocenters. The first-order valence-electron chi connectivity index (χ1n) is 10.6. The van der Waals surface area contributed by atoms with Crippen LogP contribution < -0.4 is 9.80 Å². The van der Waals surface area contributed by atoms with Gasteiger partial charge in [-0.05, 0) is 69.0 Å². The maximum Gasteiger partial charge on any atom is 0.293 e. The SMILES string of the molecule is CN(C(=O)c1ccc(-c2ccc(Cl)cc2[N+](=O)[O-])o1)c1ccc(N2CCC(N(C)C)C2)cc1. The number of hydrogen-bond acceptors (Lipinski definition) is 6. The van der Waals surface area contributed by atoms with E-state index >= 15 is 0 Å². The summed E-state index contributed by atoms with van der Waals surface area (Å²) in [6, 6.07) is 15.8. The van der Waals surface area contributed by atoms with Crippen molar-refractivity contribution in [3.8, 4) is 11.3 Å². The van der Waals surface area contributed by atoms with Gasteiger partial charge in [0.1, 0.15) is 5.76 Å². The predicted octanol–water partition coefficient (Wildman–Crippen LogP) is 4.93. The fourth-order valence-corrected chi connectivity index (χ4v) is 4.20. The Morgan fingerprint density at radius 1 is 1.12 bits per heavy atom. The van der Waals surface area contributed by atoms with E-state index in [2.05, 4.69) is 23.9 Å². The van der Waals surface area contributed by atoms with Crippen LogP contribution in [-0.4, -0.2) is 56.0 Å². The molecule has 1 aliphatic rings. The maximum absolute atomic E-state index is 13.0. The van der Waals surface area contributed by atoms with Gasteiger partial charge in [0.15, 0.2) is 5.76 Å². The fourth-order valence-electron chi connectivity index (χ4n) is 4.03. The smallest absolute Gasteiger partial charge is 0.293 e. The molecule has 1 aliphatic heterocycles. The second kappa shape index (κ2) is 9.25. The van der Waals surface area contributed by atoms with E-state index in [4.69, 9.17) is 16.0 Å². The van der Waals surface area contributed by atoms with Gasteiger partial charge in [-0.15, -0.1) is 0 Å². The van der Waals surface area contributed by atoms with Crippen LogP contribution in [0.4, 0.5) is 17.1 Å². The predicted molar refractivity (Wildman–Crippen MR) is 129 cm³/mol. The second-order valence-electron chi connectivity index (χ2n) is 8.32. The minimum atomic E-state index is -0.528. The molecule has 4 rings (SSSR count). The third-order valence-electron chi connectivity index (χ3n) is 6.04. The molecule has 0 spiro atoms. The number of anilines is 2. The number of nitrogens with zero attached hydrogens (tertiary/aromatic N) is 4. The monoisotopic (exact) mass is 468 g/mol. The third kappa shape index (κ3) is 4.72. The highest BCUT2D eigenvalue weighted by Crippen LogP contribution is 2.34. The normalized spacial score (nSPS) is 15.8. The van der Waals surface area contributed by atoms with Crippen LogP contribution in [0.3, 0.4) is 0 Å². The molecule has 0 bridgehead atoms. The first-order valence-corrected chi connectivity index (χ1v) is 11.0. The van der Waals surface area contributed by atoms with E-state index in [0.717, 1.165) is 30.9 Å². The fraction of sp³-hybridized carbons (Fsp3) is 0.292. The van der Waals surface area contributed by atoms with E-state index in [1.807, 2.05) is 24.3 Å². The zero-order chi connectivity index (χ0) is 23.7. The van der Waals surface area contributed by atoms with Gasteiger partial charge >= 0.3 is 0 Å². The molecule has 1 fully saturated rings. The van der Waals surface area contributed by atoms with E-state index < -0.39 is 4.92 Å². The maximum atomic E-state index is 13.0. The van der Waals surface area contributed by atoms with Gasteiger partial charge in [0.05, 0.1) is 10.5 Å². The number of amides is 1. The van der Waals surface area contributed by atoms with Crippen molar-refractivity contribution < 1.29 is 14.1 Å². The lowest BCUT2D eigenvalue weighted by molar-refractivity contribution is -0.384. The summed E-state index contributed by atoms with van der Waals surface area (Å²) in [4.78, 5) is 29.9. The Balaban J connectivity index is 1.50. The molecule has 0 saturated carbocycles. The summed E-state index contributed by atoms with van der Waals surface area (Å²) in [5, 5.41) is 11.6. The molecule has 9 heteroatoms. The molecule has 8 nitrogen and oxygen atoms in total. The highest BCUT2D eigenvalue weighted by atomic mass is 35.5. The average molecular weight is 469 g/mol. The Morgan fingerprint density at radius 2 is 1.85 bits per heavy atom. The molecular formula is C24H25ClN4O4. The highest BCUT2D eigenvalue weighted by molar-refractivity contribution is 6.30. The molecule has 2 aromatic carbocycles. The Bertz CT molecular complexity index is 1180. The van der Waals surface area contributed by atoms with Crippen molar-refractivity contribution in [3.63, 3.8) is 0 Å². The lowest BCUT2D eigenvalue weighted by Crippen LogP contribution is -2.31. The lowest BCUT2D eigenvalue weighted by Gasteiger charge is -2.23. The summed E-state index contributed by atoms with van der Waals surface area (Å²) in [5.41, 5.74) is 1.93. The first-order chi connectivity index (χ1) is 15.7. The number of hydrogen-bond donors (Lipinski definition) is 0. The zero-order valence-corrected chi connectivity index (χ0v) is 19.5. The first kappa shape index (κ1) is 22.8. The summed E-state index contributed by atoms with van der Waals surface area (Å²) < 4.78 is 5.69. The summed E-state index contributed by atoms with van der Waals surface area (Å²) in [6.45, 7) is 1.98. The van der Waals surface area contributed by atoms with E-state index in [0.29, 0.717) is 6.04 Å². The van der Waals surface area contributed by atoms with E-state index in [1.54, 1.807) is 19.2 Å².